The highest BCUT2D eigenvalue weighted by atomic mass is 16.5. The summed E-state index contributed by atoms with van der Waals surface area (Å²) in [5, 5.41) is 12.7. The number of ether oxygens (including phenoxy) is 2. The quantitative estimate of drug-likeness (QED) is 0.822. The van der Waals surface area contributed by atoms with Crippen LogP contribution in [0.3, 0.4) is 0 Å². The summed E-state index contributed by atoms with van der Waals surface area (Å²) in [5.41, 5.74) is 1.19. The molecule has 1 heterocycles. The Morgan fingerprint density at radius 3 is 3.00 bits per heavy atom. The maximum atomic E-state index is 9.13. The molecule has 0 fully saturated rings. The van der Waals surface area contributed by atoms with Gasteiger partial charge in [-0.3, -0.25) is 0 Å². The molecule has 0 aromatic heterocycles. The number of para-hydroxylation sites is 1. The SMILES string of the molecule is COCC(CCO)NC1c2ccccc2OCC1C. The fraction of sp³-hybridized carbons (Fsp3) is 0.600. The Kier molecular flexibility index (Phi) is 5.19. The lowest BCUT2D eigenvalue weighted by molar-refractivity contribution is 0.121. The third-order valence-corrected chi connectivity index (χ3v) is 3.59. The molecule has 1 aliphatic heterocycles. The number of benzene rings is 1. The van der Waals surface area contributed by atoms with Gasteiger partial charge in [0.25, 0.3) is 0 Å². The third-order valence-electron chi connectivity index (χ3n) is 3.59. The molecule has 0 spiro atoms. The molecule has 0 aliphatic carbocycles. The van der Waals surface area contributed by atoms with Gasteiger partial charge in [0.05, 0.1) is 13.2 Å². The Labute approximate surface area is 114 Å². The second-order valence-electron chi connectivity index (χ2n) is 5.13. The molecule has 4 nitrogen and oxygen atoms in total. The van der Waals surface area contributed by atoms with Crippen LogP contribution in [0.2, 0.25) is 0 Å². The molecule has 1 aliphatic rings. The predicted octanol–water partition coefficient (Wildman–Crippen LogP) is 1.74. The normalized spacial score (nSPS) is 23.5. The Morgan fingerprint density at radius 2 is 2.26 bits per heavy atom. The van der Waals surface area contributed by atoms with Crippen molar-refractivity contribution in [1.82, 2.24) is 5.32 Å². The number of hydrogen-bond acceptors (Lipinski definition) is 4. The molecule has 1 aromatic rings. The van der Waals surface area contributed by atoms with Crippen LogP contribution in [-0.4, -0.2) is 38.1 Å². The summed E-state index contributed by atoms with van der Waals surface area (Å²) in [7, 11) is 1.69. The number of hydrogen-bond donors (Lipinski definition) is 2. The Hall–Kier alpha value is -1.10. The molecule has 0 radical (unpaired) electrons. The summed E-state index contributed by atoms with van der Waals surface area (Å²) in [5.74, 6) is 1.35. The number of aliphatic hydroxyl groups excluding tert-OH is 1. The molecule has 2 N–H and O–H groups in total. The zero-order valence-corrected chi connectivity index (χ0v) is 11.6. The summed E-state index contributed by atoms with van der Waals surface area (Å²) < 4.78 is 11.0. The second-order valence-corrected chi connectivity index (χ2v) is 5.13. The van der Waals surface area contributed by atoms with Gasteiger partial charge < -0.3 is 19.9 Å². The van der Waals surface area contributed by atoms with Gasteiger partial charge in [-0.25, -0.2) is 0 Å². The maximum absolute atomic E-state index is 9.13. The van der Waals surface area contributed by atoms with Crippen molar-refractivity contribution in [2.24, 2.45) is 5.92 Å². The van der Waals surface area contributed by atoms with Gasteiger partial charge in [-0.1, -0.05) is 25.1 Å². The van der Waals surface area contributed by atoms with Crippen LogP contribution < -0.4 is 10.1 Å². The number of nitrogens with one attached hydrogen (secondary N) is 1. The van der Waals surface area contributed by atoms with E-state index >= 15 is 0 Å². The number of aliphatic hydroxyl groups is 1. The molecule has 1 aromatic carbocycles. The van der Waals surface area contributed by atoms with Gasteiger partial charge in [-0.05, 0) is 12.5 Å². The zero-order valence-electron chi connectivity index (χ0n) is 11.6. The fourth-order valence-corrected chi connectivity index (χ4v) is 2.57. The smallest absolute Gasteiger partial charge is 0.124 e. The topological polar surface area (TPSA) is 50.7 Å². The van der Waals surface area contributed by atoms with Crippen molar-refractivity contribution in [3.63, 3.8) is 0 Å². The molecule has 2 rings (SSSR count). The van der Waals surface area contributed by atoms with Gasteiger partial charge in [-0.2, -0.15) is 0 Å². The van der Waals surface area contributed by atoms with Crippen molar-refractivity contribution in [3.8, 4) is 5.75 Å². The average Bonchev–Trinajstić information content (AvgIpc) is 2.42. The van der Waals surface area contributed by atoms with E-state index in [-0.39, 0.29) is 18.7 Å². The van der Waals surface area contributed by atoms with E-state index in [0.717, 1.165) is 5.75 Å². The first-order valence-corrected chi connectivity index (χ1v) is 6.83. The van der Waals surface area contributed by atoms with E-state index in [9.17, 15) is 0 Å². The molecule has 3 unspecified atom stereocenters. The minimum atomic E-state index is 0.161. The fourth-order valence-electron chi connectivity index (χ4n) is 2.57. The summed E-state index contributed by atoms with van der Waals surface area (Å²) >= 11 is 0. The largest absolute Gasteiger partial charge is 0.493 e. The minimum absolute atomic E-state index is 0.161. The number of methoxy groups -OCH3 is 1. The number of fused-ring (bicyclic) bond motifs is 1. The second kappa shape index (κ2) is 6.89. The van der Waals surface area contributed by atoms with Gasteiger partial charge in [0.2, 0.25) is 0 Å². The molecule has 0 amide bonds. The summed E-state index contributed by atoms with van der Waals surface area (Å²) in [6, 6.07) is 8.54. The van der Waals surface area contributed by atoms with Crippen molar-refractivity contribution >= 4 is 0 Å². The van der Waals surface area contributed by atoms with Crippen molar-refractivity contribution in [3.05, 3.63) is 29.8 Å². The molecule has 3 atom stereocenters. The Balaban J connectivity index is 2.13. The first-order valence-electron chi connectivity index (χ1n) is 6.83. The maximum Gasteiger partial charge on any atom is 0.124 e. The molecule has 106 valence electrons. The lowest BCUT2D eigenvalue weighted by atomic mass is 9.91. The van der Waals surface area contributed by atoms with E-state index in [4.69, 9.17) is 14.6 Å². The van der Waals surface area contributed by atoms with Crippen molar-refractivity contribution in [2.45, 2.75) is 25.4 Å². The highest BCUT2D eigenvalue weighted by Gasteiger charge is 2.29. The first-order chi connectivity index (χ1) is 9.26. The predicted molar refractivity (Wildman–Crippen MR) is 74.3 cm³/mol. The summed E-state index contributed by atoms with van der Waals surface area (Å²) in [6.45, 7) is 3.66. The molecule has 0 saturated heterocycles. The van der Waals surface area contributed by atoms with Crippen LogP contribution >= 0.6 is 0 Å². The minimum Gasteiger partial charge on any atom is -0.493 e. The van der Waals surface area contributed by atoms with Gasteiger partial charge >= 0.3 is 0 Å². The summed E-state index contributed by atoms with van der Waals surface area (Å²) in [4.78, 5) is 0. The Morgan fingerprint density at radius 1 is 1.47 bits per heavy atom. The van der Waals surface area contributed by atoms with E-state index in [1.807, 2.05) is 18.2 Å². The van der Waals surface area contributed by atoms with E-state index in [0.29, 0.717) is 25.6 Å². The zero-order chi connectivity index (χ0) is 13.7. The van der Waals surface area contributed by atoms with E-state index in [2.05, 4.69) is 18.3 Å². The van der Waals surface area contributed by atoms with Gasteiger partial charge in [0.1, 0.15) is 5.75 Å². The van der Waals surface area contributed by atoms with Gasteiger partial charge in [-0.15, -0.1) is 0 Å². The monoisotopic (exact) mass is 265 g/mol. The first kappa shape index (κ1) is 14.3. The van der Waals surface area contributed by atoms with Crippen LogP contribution in [0.15, 0.2) is 24.3 Å². The van der Waals surface area contributed by atoms with Crippen molar-refractivity contribution < 1.29 is 14.6 Å². The van der Waals surface area contributed by atoms with Crippen LogP contribution in [0.25, 0.3) is 0 Å². The lowest BCUT2D eigenvalue weighted by Crippen LogP contribution is -2.42. The van der Waals surface area contributed by atoms with E-state index < -0.39 is 0 Å². The molecule has 19 heavy (non-hydrogen) atoms. The van der Waals surface area contributed by atoms with Crippen molar-refractivity contribution in [2.75, 3.05) is 26.9 Å². The lowest BCUT2D eigenvalue weighted by Gasteiger charge is -2.34. The van der Waals surface area contributed by atoms with Crippen LogP contribution in [0.5, 0.6) is 5.75 Å². The highest BCUT2D eigenvalue weighted by molar-refractivity contribution is 5.38. The van der Waals surface area contributed by atoms with Gasteiger partial charge in [0.15, 0.2) is 0 Å². The molecule has 4 heteroatoms. The van der Waals surface area contributed by atoms with Gasteiger partial charge in [0, 0.05) is 37.3 Å². The van der Waals surface area contributed by atoms with E-state index in [1.165, 1.54) is 5.56 Å². The number of rotatable bonds is 6. The van der Waals surface area contributed by atoms with Crippen molar-refractivity contribution in [1.29, 1.82) is 0 Å². The average molecular weight is 265 g/mol. The molecule has 0 saturated carbocycles. The summed E-state index contributed by atoms with van der Waals surface area (Å²) in [6.07, 6.45) is 0.695. The standard InChI is InChI=1S/C15H23NO3/c1-11-9-19-14-6-4-3-5-13(14)15(11)16-12(7-8-17)10-18-2/h3-6,11-12,15-17H,7-10H2,1-2H3. The third kappa shape index (κ3) is 3.47. The molecular formula is C15H23NO3. The molecule has 0 bridgehead atoms. The van der Waals surface area contributed by atoms with E-state index in [1.54, 1.807) is 7.11 Å². The van der Waals surface area contributed by atoms with Crippen LogP contribution in [0.1, 0.15) is 24.9 Å². The highest BCUT2D eigenvalue weighted by Crippen LogP contribution is 2.35. The van der Waals surface area contributed by atoms with Crippen LogP contribution in [-0.2, 0) is 4.74 Å². The van der Waals surface area contributed by atoms with Crippen LogP contribution in [0, 0.1) is 5.92 Å². The molecular weight excluding hydrogens is 242 g/mol. The van der Waals surface area contributed by atoms with Crippen LogP contribution in [0.4, 0.5) is 0 Å². The Bertz CT molecular complexity index is 391.